The normalized spacial score (nSPS) is 28.8. The molecular formula is C17H25NO. The van der Waals surface area contributed by atoms with Crippen LogP contribution >= 0.6 is 0 Å². The first-order valence-corrected chi connectivity index (χ1v) is 7.57. The van der Waals surface area contributed by atoms with Crippen molar-refractivity contribution in [3.05, 3.63) is 35.4 Å². The number of hydrogen-bond acceptors (Lipinski definition) is 2. The Balaban J connectivity index is 2.02. The van der Waals surface area contributed by atoms with Gasteiger partial charge in [-0.2, -0.15) is 0 Å². The standard InChI is InChI=1S/C17H25NO/c1-13(2)18-10-11-19-12-17(18,3)16-7-5-4-6-15(16)14-8-9-14/h4-7,13-14H,8-12H2,1-3H3. The van der Waals surface area contributed by atoms with Gasteiger partial charge in [-0.05, 0) is 50.7 Å². The van der Waals surface area contributed by atoms with E-state index >= 15 is 0 Å². The molecule has 1 heterocycles. The fraction of sp³-hybridized carbons (Fsp3) is 0.647. The van der Waals surface area contributed by atoms with Crippen molar-refractivity contribution in [2.45, 2.75) is 51.1 Å². The zero-order chi connectivity index (χ0) is 13.5. The Morgan fingerprint density at radius 2 is 2.00 bits per heavy atom. The summed E-state index contributed by atoms with van der Waals surface area (Å²) < 4.78 is 5.83. The average molecular weight is 259 g/mol. The van der Waals surface area contributed by atoms with Gasteiger partial charge in [0, 0.05) is 12.6 Å². The molecule has 0 amide bonds. The number of hydrogen-bond donors (Lipinski definition) is 0. The second kappa shape index (κ2) is 4.92. The Bertz CT molecular complexity index is 452. The van der Waals surface area contributed by atoms with Crippen LogP contribution in [0.5, 0.6) is 0 Å². The number of nitrogens with zero attached hydrogens (tertiary/aromatic N) is 1. The molecule has 2 heteroatoms. The fourth-order valence-corrected chi connectivity index (χ4v) is 3.56. The van der Waals surface area contributed by atoms with E-state index in [1.165, 1.54) is 18.4 Å². The molecule has 1 aliphatic heterocycles. The Labute approximate surface area is 116 Å². The highest BCUT2D eigenvalue weighted by Gasteiger charge is 2.41. The van der Waals surface area contributed by atoms with Crippen LogP contribution in [0.2, 0.25) is 0 Å². The molecule has 1 saturated carbocycles. The van der Waals surface area contributed by atoms with E-state index in [-0.39, 0.29) is 5.54 Å². The summed E-state index contributed by atoms with van der Waals surface area (Å²) in [5, 5.41) is 0. The van der Waals surface area contributed by atoms with Gasteiger partial charge in [-0.1, -0.05) is 24.3 Å². The molecule has 2 fully saturated rings. The first kappa shape index (κ1) is 13.1. The molecule has 0 radical (unpaired) electrons. The summed E-state index contributed by atoms with van der Waals surface area (Å²) in [4.78, 5) is 2.61. The fourth-order valence-electron chi connectivity index (χ4n) is 3.56. The molecule has 0 aromatic heterocycles. The van der Waals surface area contributed by atoms with Crippen molar-refractivity contribution in [3.8, 4) is 0 Å². The summed E-state index contributed by atoms with van der Waals surface area (Å²) in [6.07, 6.45) is 2.71. The molecule has 3 rings (SSSR count). The zero-order valence-corrected chi connectivity index (χ0v) is 12.4. The summed E-state index contributed by atoms with van der Waals surface area (Å²) >= 11 is 0. The van der Waals surface area contributed by atoms with Crippen LogP contribution in [-0.4, -0.2) is 30.7 Å². The third-order valence-electron chi connectivity index (χ3n) is 4.68. The number of ether oxygens (including phenoxy) is 1. The summed E-state index contributed by atoms with van der Waals surface area (Å²) in [6.45, 7) is 9.65. The maximum absolute atomic E-state index is 5.83. The van der Waals surface area contributed by atoms with E-state index in [1.807, 2.05) is 0 Å². The van der Waals surface area contributed by atoms with Crippen molar-refractivity contribution in [1.29, 1.82) is 0 Å². The average Bonchev–Trinajstić information content (AvgIpc) is 3.23. The topological polar surface area (TPSA) is 12.5 Å². The van der Waals surface area contributed by atoms with Crippen molar-refractivity contribution in [1.82, 2.24) is 4.90 Å². The molecule has 0 bridgehead atoms. The van der Waals surface area contributed by atoms with E-state index in [9.17, 15) is 0 Å². The molecule has 1 atom stereocenters. The van der Waals surface area contributed by atoms with Crippen LogP contribution in [0.15, 0.2) is 24.3 Å². The lowest BCUT2D eigenvalue weighted by molar-refractivity contribution is -0.0787. The van der Waals surface area contributed by atoms with Gasteiger partial charge >= 0.3 is 0 Å². The van der Waals surface area contributed by atoms with Gasteiger partial charge in [0.25, 0.3) is 0 Å². The highest BCUT2D eigenvalue weighted by molar-refractivity contribution is 5.38. The molecule has 1 unspecified atom stereocenters. The lowest BCUT2D eigenvalue weighted by Crippen LogP contribution is -2.55. The van der Waals surface area contributed by atoms with Crippen LogP contribution in [0.4, 0.5) is 0 Å². The third-order valence-corrected chi connectivity index (χ3v) is 4.68. The lowest BCUT2D eigenvalue weighted by atomic mass is 9.84. The first-order chi connectivity index (χ1) is 9.13. The van der Waals surface area contributed by atoms with Gasteiger partial charge in [0.1, 0.15) is 0 Å². The number of rotatable bonds is 3. The molecule has 1 aromatic rings. The summed E-state index contributed by atoms with van der Waals surface area (Å²) in [7, 11) is 0. The maximum atomic E-state index is 5.83. The summed E-state index contributed by atoms with van der Waals surface area (Å²) in [6, 6.07) is 9.56. The minimum absolute atomic E-state index is 0.0333. The second-order valence-electron chi connectivity index (χ2n) is 6.48. The Morgan fingerprint density at radius 1 is 1.26 bits per heavy atom. The largest absolute Gasteiger partial charge is 0.378 e. The molecule has 1 saturated heterocycles. The summed E-state index contributed by atoms with van der Waals surface area (Å²) in [5.41, 5.74) is 3.08. The van der Waals surface area contributed by atoms with Gasteiger partial charge in [-0.3, -0.25) is 4.90 Å². The Hall–Kier alpha value is -0.860. The van der Waals surface area contributed by atoms with E-state index < -0.39 is 0 Å². The Kier molecular flexibility index (Phi) is 3.40. The molecule has 1 aliphatic carbocycles. The van der Waals surface area contributed by atoms with Crippen LogP contribution in [-0.2, 0) is 10.3 Å². The molecule has 0 spiro atoms. The number of morpholine rings is 1. The highest BCUT2D eigenvalue weighted by Crippen LogP contribution is 2.46. The molecule has 2 aliphatic rings. The van der Waals surface area contributed by atoms with Crippen LogP contribution in [0, 0.1) is 0 Å². The predicted molar refractivity (Wildman–Crippen MR) is 78.4 cm³/mol. The van der Waals surface area contributed by atoms with Crippen molar-refractivity contribution in [2.75, 3.05) is 19.8 Å². The quantitative estimate of drug-likeness (QED) is 0.823. The van der Waals surface area contributed by atoms with Gasteiger partial charge in [0.2, 0.25) is 0 Å². The first-order valence-electron chi connectivity index (χ1n) is 7.57. The van der Waals surface area contributed by atoms with Crippen LogP contribution in [0.3, 0.4) is 0 Å². The van der Waals surface area contributed by atoms with Crippen molar-refractivity contribution in [3.63, 3.8) is 0 Å². The predicted octanol–water partition coefficient (Wildman–Crippen LogP) is 3.52. The SMILES string of the molecule is CC(C)N1CCOCC1(C)c1ccccc1C1CC1. The van der Waals surface area contributed by atoms with E-state index in [1.54, 1.807) is 5.56 Å². The van der Waals surface area contributed by atoms with Gasteiger partial charge in [-0.15, -0.1) is 0 Å². The van der Waals surface area contributed by atoms with E-state index in [0.29, 0.717) is 6.04 Å². The minimum atomic E-state index is 0.0333. The smallest absolute Gasteiger partial charge is 0.0690 e. The van der Waals surface area contributed by atoms with Crippen molar-refractivity contribution in [2.24, 2.45) is 0 Å². The second-order valence-corrected chi connectivity index (χ2v) is 6.48. The molecule has 19 heavy (non-hydrogen) atoms. The van der Waals surface area contributed by atoms with Gasteiger partial charge in [0.05, 0.1) is 18.8 Å². The van der Waals surface area contributed by atoms with Gasteiger partial charge in [-0.25, -0.2) is 0 Å². The Morgan fingerprint density at radius 3 is 2.68 bits per heavy atom. The van der Waals surface area contributed by atoms with Crippen LogP contribution in [0.1, 0.15) is 50.7 Å². The molecule has 2 nitrogen and oxygen atoms in total. The monoisotopic (exact) mass is 259 g/mol. The lowest BCUT2D eigenvalue weighted by Gasteiger charge is -2.48. The van der Waals surface area contributed by atoms with Gasteiger partial charge < -0.3 is 4.74 Å². The maximum Gasteiger partial charge on any atom is 0.0690 e. The zero-order valence-electron chi connectivity index (χ0n) is 12.4. The number of benzene rings is 1. The van der Waals surface area contributed by atoms with Gasteiger partial charge in [0.15, 0.2) is 0 Å². The van der Waals surface area contributed by atoms with E-state index in [2.05, 4.69) is 49.9 Å². The highest BCUT2D eigenvalue weighted by atomic mass is 16.5. The van der Waals surface area contributed by atoms with Crippen LogP contribution in [0.25, 0.3) is 0 Å². The third kappa shape index (κ3) is 2.32. The van der Waals surface area contributed by atoms with E-state index in [4.69, 9.17) is 4.74 Å². The minimum Gasteiger partial charge on any atom is -0.378 e. The summed E-state index contributed by atoms with van der Waals surface area (Å²) in [5.74, 6) is 0.795. The molecule has 104 valence electrons. The molecule has 0 N–H and O–H groups in total. The molecule has 1 aromatic carbocycles. The van der Waals surface area contributed by atoms with Crippen molar-refractivity contribution < 1.29 is 4.74 Å². The van der Waals surface area contributed by atoms with Crippen LogP contribution < -0.4 is 0 Å². The van der Waals surface area contributed by atoms with E-state index in [0.717, 1.165) is 25.7 Å². The van der Waals surface area contributed by atoms with Crippen molar-refractivity contribution >= 4 is 0 Å². The molecular weight excluding hydrogens is 234 g/mol.